The largest absolute Gasteiger partial charge is 0.497 e. The highest BCUT2D eigenvalue weighted by atomic mass is 32.2. The number of aryl methyl sites for hydroxylation is 1. The maximum atomic E-state index is 12.1. The highest BCUT2D eigenvalue weighted by molar-refractivity contribution is 7.99. The summed E-state index contributed by atoms with van der Waals surface area (Å²) < 4.78 is 12.7. The van der Waals surface area contributed by atoms with Gasteiger partial charge in [-0.3, -0.25) is 9.36 Å². The molecule has 7 nitrogen and oxygen atoms in total. The van der Waals surface area contributed by atoms with Crippen LogP contribution in [0.4, 0.5) is 0 Å². The molecule has 3 rings (SSSR count). The van der Waals surface area contributed by atoms with Gasteiger partial charge in [-0.05, 0) is 36.8 Å². The first-order chi connectivity index (χ1) is 13.7. The van der Waals surface area contributed by atoms with Crippen LogP contribution in [0.5, 0.6) is 11.5 Å². The van der Waals surface area contributed by atoms with E-state index in [0.717, 1.165) is 22.7 Å². The molecule has 28 heavy (non-hydrogen) atoms. The number of hydrogen-bond acceptors (Lipinski definition) is 6. The number of aromatic nitrogens is 3. The molecule has 0 aliphatic rings. The SMILES string of the molecule is COc1cccc(-n2cnnc2SCC(=O)NCCOc2cccc(C)c2)c1. The zero-order chi connectivity index (χ0) is 19.8. The lowest BCUT2D eigenvalue weighted by Gasteiger charge is -2.09. The molecule has 1 N–H and O–H groups in total. The second kappa shape index (κ2) is 9.80. The van der Waals surface area contributed by atoms with Gasteiger partial charge in [0.15, 0.2) is 5.16 Å². The molecular formula is C20H22N4O3S. The van der Waals surface area contributed by atoms with E-state index in [-0.39, 0.29) is 11.7 Å². The van der Waals surface area contributed by atoms with Gasteiger partial charge in [-0.25, -0.2) is 0 Å². The second-order valence-corrected chi connectivity index (χ2v) is 6.93. The monoisotopic (exact) mass is 398 g/mol. The fourth-order valence-corrected chi connectivity index (χ4v) is 3.26. The van der Waals surface area contributed by atoms with Crippen molar-refractivity contribution in [3.63, 3.8) is 0 Å². The van der Waals surface area contributed by atoms with Gasteiger partial charge in [-0.1, -0.05) is 30.0 Å². The molecule has 0 aliphatic heterocycles. The Balaban J connectivity index is 1.45. The van der Waals surface area contributed by atoms with Crippen molar-refractivity contribution in [2.75, 3.05) is 26.0 Å². The molecular weight excluding hydrogens is 376 g/mol. The Bertz CT molecular complexity index is 929. The van der Waals surface area contributed by atoms with E-state index < -0.39 is 0 Å². The number of benzene rings is 2. The van der Waals surface area contributed by atoms with E-state index >= 15 is 0 Å². The quantitative estimate of drug-likeness (QED) is 0.441. The van der Waals surface area contributed by atoms with Crippen LogP contribution in [0.1, 0.15) is 5.56 Å². The van der Waals surface area contributed by atoms with Crippen LogP contribution in [0.15, 0.2) is 60.0 Å². The molecule has 0 atom stereocenters. The van der Waals surface area contributed by atoms with Gasteiger partial charge < -0.3 is 14.8 Å². The van der Waals surface area contributed by atoms with Gasteiger partial charge in [-0.2, -0.15) is 0 Å². The van der Waals surface area contributed by atoms with Crippen molar-refractivity contribution in [1.82, 2.24) is 20.1 Å². The molecule has 0 aliphatic carbocycles. The third-order valence-corrected chi connectivity index (χ3v) is 4.81. The van der Waals surface area contributed by atoms with E-state index in [1.165, 1.54) is 11.8 Å². The zero-order valence-electron chi connectivity index (χ0n) is 15.8. The van der Waals surface area contributed by atoms with Gasteiger partial charge in [0.2, 0.25) is 5.91 Å². The minimum absolute atomic E-state index is 0.0852. The molecule has 0 bridgehead atoms. The second-order valence-electron chi connectivity index (χ2n) is 5.99. The highest BCUT2D eigenvalue weighted by Crippen LogP contribution is 2.22. The van der Waals surface area contributed by atoms with Crippen LogP contribution >= 0.6 is 11.8 Å². The Hall–Kier alpha value is -3.00. The zero-order valence-corrected chi connectivity index (χ0v) is 16.6. The van der Waals surface area contributed by atoms with Crippen LogP contribution in [-0.2, 0) is 4.79 Å². The van der Waals surface area contributed by atoms with Crippen LogP contribution in [0.2, 0.25) is 0 Å². The molecule has 146 valence electrons. The summed E-state index contributed by atoms with van der Waals surface area (Å²) in [4.78, 5) is 12.1. The lowest BCUT2D eigenvalue weighted by atomic mass is 10.2. The lowest BCUT2D eigenvalue weighted by Crippen LogP contribution is -2.29. The van der Waals surface area contributed by atoms with E-state index in [4.69, 9.17) is 9.47 Å². The number of thioether (sulfide) groups is 1. The van der Waals surface area contributed by atoms with Crippen molar-refractivity contribution in [3.05, 3.63) is 60.4 Å². The number of nitrogens with one attached hydrogen (secondary N) is 1. The Morgan fingerprint density at radius 2 is 2.00 bits per heavy atom. The number of hydrogen-bond donors (Lipinski definition) is 1. The number of ether oxygens (including phenoxy) is 2. The van der Waals surface area contributed by atoms with Crippen molar-refractivity contribution in [2.24, 2.45) is 0 Å². The predicted octanol–water partition coefficient (Wildman–Crippen LogP) is 2.87. The first-order valence-electron chi connectivity index (χ1n) is 8.79. The molecule has 0 radical (unpaired) electrons. The smallest absolute Gasteiger partial charge is 0.230 e. The summed E-state index contributed by atoms with van der Waals surface area (Å²) in [6.07, 6.45) is 1.62. The normalized spacial score (nSPS) is 10.5. The Labute approximate surface area is 168 Å². The number of rotatable bonds is 9. The van der Waals surface area contributed by atoms with Crippen LogP contribution in [0.25, 0.3) is 5.69 Å². The molecule has 0 fully saturated rings. The van der Waals surface area contributed by atoms with Crippen molar-refractivity contribution >= 4 is 17.7 Å². The maximum Gasteiger partial charge on any atom is 0.230 e. The third kappa shape index (κ3) is 5.50. The van der Waals surface area contributed by atoms with Gasteiger partial charge in [-0.15, -0.1) is 10.2 Å². The Kier molecular flexibility index (Phi) is 6.91. The molecule has 3 aromatic rings. The molecule has 0 saturated carbocycles. The molecule has 0 unspecified atom stereocenters. The molecule has 1 heterocycles. The van der Waals surface area contributed by atoms with Crippen molar-refractivity contribution in [3.8, 4) is 17.2 Å². The first kappa shape index (κ1) is 19.8. The van der Waals surface area contributed by atoms with Crippen molar-refractivity contribution < 1.29 is 14.3 Å². The number of carbonyl (C=O) groups is 1. The average molecular weight is 398 g/mol. The summed E-state index contributed by atoms with van der Waals surface area (Å²) in [5.74, 6) is 1.70. The van der Waals surface area contributed by atoms with E-state index in [1.54, 1.807) is 13.4 Å². The van der Waals surface area contributed by atoms with Gasteiger partial charge in [0, 0.05) is 6.07 Å². The Morgan fingerprint density at radius 1 is 1.18 bits per heavy atom. The van der Waals surface area contributed by atoms with Gasteiger partial charge in [0.25, 0.3) is 0 Å². The van der Waals surface area contributed by atoms with Gasteiger partial charge in [0.1, 0.15) is 24.4 Å². The van der Waals surface area contributed by atoms with Crippen LogP contribution in [-0.4, -0.2) is 46.7 Å². The number of amides is 1. The molecule has 8 heteroatoms. The molecule has 2 aromatic carbocycles. The number of carbonyl (C=O) groups excluding carboxylic acids is 1. The standard InChI is InChI=1S/C20H22N4O3S/c1-15-5-3-8-18(11-15)27-10-9-21-19(25)13-28-20-23-22-14-24(20)16-6-4-7-17(12-16)26-2/h3-8,11-12,14H,9-10,13H2,1-2H3,(H,21,25). The molecule has 0 spiro atoms. The van der Waals surface area contributed by atoms with Gasteiger partial charge >= 0.3 is 0 Å². The number of nitrogens with zero attached hydrogens (tertiary/aromatic N) is 3. The maximum absolute atomic E-state index is 12.1. The molecule has 1 amide bonds. The highest BCUT2D eigenvalue weighted by Gasteiger charge is 2.10. The lowest BCUT2D eigenvalue weighted by molar-refractivity contribution is -0.118. The summed E-state index contributed by atoms with van der Waals surface area (Å²) in [6, 6.07) is 15.4. The van der Waals surface area contributed by atoms with Crippen LogP contribution < -0.4 is 14.8 Å². The number of methoxy groups -OCH3 is 1. The molecule has 1 aromatic heterocycles. The fraction of sp³-hybridized carbons (Fsp3) is 0.250. The third-order valence-electron chi connectivity index (χ3n) is 3.86. The first-order valence-corrected chi connectivity index (χ1v) is 9.77. The molecule has 0 saturated heterocycles. The van der Waals surface area contributed by atoms with E-state index in [0.29, 0.717) is 18.3 Å². The Morgan fingerprint density at radius 3 is 2.82 bits per heavy atom. The van der Waals surface area contributed by atoms with Gasteiger partial charge in [0.05, 0.1) is 25.1 Å². The average Bonchev–Trinajstić information content (AvgIpc) is 3.18. The fourth-order valence-electron chi connectivity index (χ4n) is 2.51. The topological polar surface area (TPSA) is 78.3 Å². The summed E-state index contributed by atoms with van der Waals surface area (Å²) in [7, 11) is 1.62. The minimum Gasteiger partial charge on any atom is -0.497 e. The summed E-state index contributed by atoms with van der Waals surface area (Å²) in [5.41, 5.74) is 2.01. The van der Waals surface area contributed by atoms with Crippen LogP contribution in [0, 0.1) is 6.92 Å². The van der Waals surface area contributed by atoms with E-state index in [2.05, 4.69) is 15.5 Å². The van der Waals surface area contributed by atoms with E-state index in [9.17, 15) is 4.79 Å². The summed E-state index contributed by atoms with van der Waals surface area (Å²) in [5, 5.41) is 11.5. The minimum atomic E-state index is -0.0852. The summed E-state index contributed by atoms with van der Waals surface area (Å²) in [6.45, 7) is 2.87. The van der Waals surface area contributed by atoms with Crippen LogP contribution in [0.3, 0.4) is 0 Å². The van der Waals surface area contributed by atoms with E-state index in [1.807, 2.05) is 60.0 Å². The summed E-state index contributed by atoms with van der Waals surface area (Å²) >= 11 is 1.32. The van der Waals surface area contributed by atoms with Crippen molar-refractivity contribution in [2.45, 2.75) is 12.1 Å². The van der Waals surface area contributed by atoms with Crippen molar-refractivity contribution in [1.29, 1.82) is 0 Å². The predicted molar refractivity (Wildman–Crippen MR) is 108 cm³/mol.